The van der Waals surface area contributed by atoms with E-state index in [1.54, 1.807) is 0 Å². The Morgan fingerprint density at radius 3 is 2.50 bits per heavy atom. The lowest BCUT2D eigenvalue weighted by molar-refractivity contribution is 0.115. The van der Waals surface area contributed by atoms with Gasteiger partial charge in [0.25, 0.3) is 0 Å². The Bertz CT molecular complexity index is 675. The predicted molar refractivity (Wildman–Crippen MR) is 78.0 cm³/mol. The van der Waals surface area contributed by atoms with Crippen molar-refractivity contribution in [2.24, 2.45) is 0 Å². The summed E-state index contributed by atoms with van der Waals surface area (Å²) in [5, 5.41) is 10.6. The van der Waals surface area contributed by atoms with Gasteiger partial charge in [0.2, 0.25) is 0 Å². The molecular formula is C18H18O2. The van der Waals surface area contributed by atoms with E-state index in [9.17, 15) is 5.11 Å². The standard InChI is InChI=1S/C18H18O2/c1-10(2)11-7-8-14-15(9-11)20-18-13-6-4-3-5-12(13)17(19)16(14)18/h3-10,16-19H,1-2H3. The van der Waals surface area contributed by atoms with Crippen LogP contribution in [0.2, 0.25) is 0 Å². The first-order valence-electron chi connectivity index (χ1n) is 7.24. The maximum absolute atomic E-state index is 10.6. The lowest BCUT2D eigenvalue weighted by Crippen LogP contribution is -2.06. The van der Waals surface area contributed by atoms with E-state index >= 15 is 0 Å². The molecule has 2 aliphatic rings. The molecule has 1 N–H and O–H groups in total. The van der Waals surface area contributed by atoms with Crippen molar-refractivity contribution in [3.63, 3.8) is 0 Å². The van der Waals surface area contributed by atoms with Gasteiger partial charge in [-0.25, -0.2) is 0 Å². The van der Waals surface area contributed by atoms with Crippen molar-refractivity contribution in [3.05, 3.63) is 64.7 Å². The van der Waals surface area contributed by atoms with Crippen LogP contribution >= 0.6 is 0 Å². The SMILES string of the molecule is CC(C)c1ccc2c(c1)OC1c3ccccc3C(O)C21. The van der Waals surface area contributed by atoms with Crippen molar-refractivity contribution in [1.29, 1.82) is 0 Å². The fourth-order valence-electron chi connectivity index (χ4n) is 3.49. The number of ether oxygens (including phenoxy) is 1. The molecule has 0 saturated heterocycles. The van der Waals surface area contributed by atoms with E-state index in [2.05, 4.69) is 38.1 Å². The highest BCUT2D eigenvalue weighted by atomic mass is 16.5. The lowest BCUT2D eigenvalue weighted by Gasteiger charge is -2.13. The molecule has 0 bridgehead atoms. The maximum Gasteiger partial charge on any atom is 0.134 e. The van der Waals surface area contributed by atoms with Gasteiger partial charge >= 0.3 is 0 Å². The topological polar surface area (TPSA) is 29.5 Å². The van der Waals surface area contributed by atoms with Crippen LogP contribution in [0.5, 0.6) is 5.75 Å². The zero-order valence-electron chi connectivity index (χ0n) is 11.7. The Balaban J connectivity index is 1.81. The van der Waals surface area contributed by atoms with Crippen molar-refractivity contribution < 1.29 is 9.84 Å². The summed E-state index contributed by atoms with van der Waals surface area (Å²) in [6.45, 7) is 4.36. The van der Waals surface area contributed by atoms with Crippen LogP contribution in [0.25, 0.3) is 0 Å². The monoisotopic (exact) mass is 266 g/mol. The third-order valence-corrected chi connectivity index (χ3v) is 4.60. The highest BCUT2D eigenvalue weighted by molar-refractivity contribution is 5.52. The summed E-state index contributed by atoms with van der Waals surface area (Å²) in [5.74, 6) is 1.48. The van der Waals surface area contributed by atoms with E-state index in [0.29, 0.717) is 5.92 Å². The van der Waals surface area contributed by atoms with Crippen molar-refractivity contribution in [2.75, 3.05) is 0 Å². The van der Waals surface area contributed by atoms with Crippen LogP contribution in [-0.4, -0.2) is 5.11 Å². The van der Waals surface area contributed by atoms with Crippen molar-refractivity contribution in [3.8, 4) is 5.75 Å². The van der Waals surface area contributed by atoms with Crippen LogP contribution in [-0.2, 0) is 0 Å². The van der Waals surface area contributed by atoms with Gasteiger partial charge in [0.1, 0.15) is 11.9 Å². The van der Waals surface area contributed by atoms with Crippen LogP contribution < -0.4 is 4.74 Å². The van der Waals surface area contributed by atoms with Gasteiger partial charge in [0.05, 0.1) is 12.0 Å². The molecule has 4 rings (SSSR count). The summed E-state index contributed by atoms with van der Waals surface area (Å²) in [6, 6.07) is 14.5. The minimum Gasteiger partial charge on any atom is -0.485 e. The molecule has 0 fully saturated rings. The molecule has 102 valence electrons. The summed E-state index contributed by atoms with van der Waals surface area (Å²) >= 11 is 0. The molecule has 1 heterocycles. The van der Waals surface area contributed by atoms with E-state index < -0.39 is 6.10 Å². The molecule has 1 aliphatic heterocycles. The fourth-order valence-corrected chi connectivity index (χ4v) is 3.49. The van der Waals surface area contributed by atoms with Gasteiger partial charge in [-0.1, -0.05) is 50.2 Å². The molecule has 2 heteroatoms. The Hall–Kier alpha value is -1.80. The summed E-state index contributed by atoms with van der Waals surface area (Å²) in [4.78, 5) is 0. The maximum atomic E-state index is 10.6. The number of hydrogen-bond acceptors (Lipinski definition) is 2. The normalized spacial score (nSPS) is 26.1. The van der Waals surface area contributed by atoms with Gasteiger partial charge in [0, 0.05) is 5.56 Å². The van der Waals surface area contributed by atoms with Gasteiger partial charge in [-0.3, -0.25) is 0 Å². The molecule has 20 heavy (non-hydrogen) atoms. The van der Waals surface area contributed by atoms with Crippen LogP contribution in [0.1, 0.15) is 60.1 Å². The number of hydrogen-bond donors (Lipinski definition) is 1. The predicted octanol–water partition coefficient (Wildman–Crippen LogP) is 4.07. The first kappa shape index (κ1) is 12.0. The lowest BCUT2D eigenvalue weighted by atomic mass is 9.92. The van der Waals surface area contributed by atoms with Crippen molar-refractivity contribution in [2.45, 2.75) is 37.9 Å². The van der Waals surface area contributed by atoms with Gasteiger partial charge in [-0.15, -0.1) is 0 Å². The number of rotatable bonds is 1. The van der Waals surface area contributed by atoms with Crippen molar-refractivity contribution >= 4 is 0 Å². The van der Waals surface area contributed by atoms with Gasteiger partial charge in [0.15, 0.2) is 0 Å². The van der Waals surface area contributed by atoms with E-state index in [1.165, 1.54) is 5.56 Å². The fraction of sp³-hybridized carbons (Fsp3) is 0.333. The second-order valence-electron chi connectivity index (χ2n) is 6.09. The summed E-state index contributed by atoms with van der Waals surface area (Å²) in [6.07, 6.45) is -0.485. The molecule has 2 nitrogen and oxygen atoms in total. The molecule has 0 amide bonds. The number of aliphatic hydroxyl groups excluding tert-OH is 1. The first-order chi connectivity index (χ1) is 9.66. The molecule has 0 spiro atoms. The largest absolute Gasteiger partial charge is 0.485 e. The van der Waals surface area contributed by atoms with E-state index in [4.69, 9.17) is 4.74 Å². The zero-order valence-corrected chi connectivity index (χ0v) is 11.7. The molecule has 0 radical (unpaired) electrons. The number of benzene rings is 2. The summed E-state index contributed by atoms with van der Waals surface area (Å²) in [7, 11) is 0. The third kappa shape index (κ3) is 1.49. The zero-order chi connectivity index (χ0) is 13.9. The van der Waals surface area contributed by atoms with Gasteiger partial charge in [-0.05, 0) is 28.7 Å². The molecule has 0 saturated carbocycles. The summed E-state index contributed by atoms with van der Waals surface area (Å²) < 4.78 is 6.16. The molecule has 0 aromatic heterocycles. The van der Waals surface area contributed by atoms with Crippen LogP contribution in [0.15, 0.2) is 42.5 Å². The van der Waals surface area contributed by atoms with Gasteiger partial charge in [-0.2, -0.15) is 0 Å². The minimum absolute atomic E-state index is 0.0291. The Morgan fingerprint density at radius 2 is 1.75 bits per heavy atom. The van der Waals surface area contributed by atoms with E-state index in [1.807, 2.05) is 18.2 Å². The highest BCUT2D eigenvalue weighted by Crippen LogP contribution is 2.57. The van der Waals surface area contributed by atoms with Crippen LogP contribution in [0.4, 0.5) is 0 Å². The molecule has 1 aliphatic carbocycles. The van der Waals surface area contributed by atoms with E-state index in [-0.39, 0.29) is 12.0 Å². The molecule has 3 unspecified atom stereocenters. The Morgan fingerprint density at radius 1 is 1.00 bits per heavy atom. The summed E-state index contributed by atoms with van der Waals surface area (Å²) in [5.41, 5.74) is 4.57. The Kier molecular flexibility index (Phi) is 2.45. The quantitative estimate of drug-likeness (QED) is 0.843. The minimum atomic E-state index is -0.456. The molecule has 2 aromatic carbocycles. The second-order valence-corrected chi connectivity index (χ2v) is 6.09. The highest BCUT2D eigenvalue weighted by Gasteiger charge is 2.47. The first-order valence-corrected chi connectivity index (χ1v) is 7.24. The third-order valence-electron chi connectivity index (χ3n) is 4.60. The number of fused-ring (bicyclic) bond motifs is 5. The van der Waals surface area contributed by atoms with Gasteiger partial charge < -0.3 is 9.84 Å². The molecular weight excluding hydrogens is 248 g/mol. The van der Waals surface area contributed by atoms with Crippen LogP contribution in [0, 0.1) is 0 Å². The average molecular weight is 266 g/mol. The number of aliphatic hydroxyl groups is 1. The molecule has 2 aromatic rings. The smallest absolute Gasteiger partial charge is 0.134 e. The Labute approximate surface area is 119 Å². The van der Waals surface area contributed by atoms with E-state index in [0.717, 1.165) is 22.4 Å². The molecule has 3 atom stereocenters. The second kappa shape index (κ2) is 4.10. The van der Waals surface area contributed by atoms with Crippen LogP contribution in [0.3, 0.4) is 0 Å². The average Bonchev–Trinajstić information content (AvgIpc) is 2.95. The van der Waals surface area contributed by atoms with Crippen molar-refractivity contribution in [1.82, 2.24) is 0 Å².